The summed E-state index contributed by atoms with van der Waals surface area (Å²) >= 11 is 10.3. The predicted molar refractivity (Wildman–Crippen MR) is 93.6 cm³/mol. The number of thiocarbonyl (C=S) groups is 1. The molecule has 20 heavy (non-hydrogen) atoms. The quantitative estimate of drug-likeness (QED) is 0.772. The number of rotatable bonds is 5. The average molecular weight is 370 g/mol. The van der Waals surface area contributed by atoms with Gasteiger partial charge in [-0.15, -0.1) is 11.3 Å². The molecule has 2 rings (SSSR count). The van der Waals surface area contributed by atoms with Gasteiger partial charge >= 0.3 is 0 Å². The highest BCUT2D eigenvalue weighted by atomic mass is 79.9. The highest BCUT2D eigenvalue weighted by Crippen LogP contribution is 2.29. The smallest absolute Gasteiger partial charge is 0.115 e. The molecule has 1 aromatic heterocycles. The van der Waals surface area contributed by atoms with Gasteiger partial charge in [0.15, 0.2) is 0 Å². The minimum absolute atomic E-state index is 0.114. The largest absolute Gasteiger partial charge is 0.389 e. The van der Waals surface area contributed by atoms with Gasteiger partial charge in [0.25, 0.3) is 0 Å². The molecule has 0 aliphatic heterocycles. The Morgan fingerprint density at radius 3 is 2.90 bits per heavy atom. The monoisotopic (exact) mass is 369 g/mol. The number of aryl methyl sites for hydroxylation is 1. The van der Waals surface area contributed by atoms with Crippen LogP contribution < -0.4 is 11.1 Å². The zero-order chi connectivity index (χ0) is 14.7. The van der Waals surface area contributed by atoms with E-state index < -0.39 is 0 Å². The van der Waals surface area contributed by atoms with Gasteiger partial charge < -0.3 is 11.1 Å². The van der Waals surface area contributed by atoms with E-state index in [0.29, 0.717) is 4.99 Å². The fraction of sp³-hybridized carbons (Fsp3) is 0.286. The molecule has 0 aliphatic rings. The number of halogens is 1. The van der Waals surface area contributed by atoms with Gasteiger partial charge in [-0.25, -0.2) is 4.98 Å². The second-order valence-electron chi connectivity index (χ2n) is 4.41. The van der Waals surface area contributed by atoms with Crippen LogP contribution in [-0.2, 0) is 6.42 Å². The van der Waals surface area contributed by atoms with Gasteiger partial charge in [-0.1, -0.05) is 25.2 Å². The van der Waals surface area contributed by atoms with Crippen molar-refractivity contribution in [3.8, 4) is 0 Å². The van der Waals surface area contributed by atoms with Crippen LogP contribution in [-0.4, -0.2) is 9.97 Å². The Balaban J connectivity index is 2.25. The van der Waals surface area contributed by atoms with E-state index in [9.17, 15) is 0 Å². The lowest BCUT2D eigenvalue weighted by Gasteiger charge is -2.17. The van der Waals surface area contributed by atoms with Crippen LogP contribution >= 0.6 is 39.5 Å². The summed E-state index contributed by atoms with van der Waals surface area (Å²) in [5.41, 5.74) is 7.56. The zero-order valence-electron chi connectivity index (χ0n) is 11.3. The van der Waals surface area contributed by atoms with Crippen LogP contribution in [0.5, 0.6) is 0 Å². The van der Waals surface area contributed by atoms with Crippen molar-refractivity contribution in [2.75, 3.05) is 5.32 Å². The summed E-state index contributed by atoms with van der Waals surface area (Å²) in [5, 5.41) is 4.50. The van der Waals surface area contributed by atoms with Crippen molar-refractivity contribution < 1.29 is 0 Å². The van der Waals surface area contributed by atoms with E-state index >= 15 is 0 Å². The number of anilines is 1. The SMILES string of the molecule is CCc1cnc(C(C)Nc2cccc(Br)c2C(N)=S)s1. The maximum Gasteiger partial charge on any atom is 0.115 e. The summed E-state index contributed by atoms with van der Waals surface area (Å²) in [6.45, 7) is 4.22. The molecular formula is C14H16BrN3S2. The molecule has 0 spiro atoms. The van der Waals surface area contributed by atoms with Gasteiger partial charge in [0.1, 0.15) is 10.00 Å². The first-order valence-electron chi connectivity index (χ1n) is 6.32. The van der Waals surface area contributed by atoms with Crippen molar-refractivity contribution in [3.63, 3.8) is 0 Å². The second-order valence-corrected chi connectivity index (χ2v) is 6.85. The molecule has 0 saturated carbocycles. The minimum Gasteiger partial charge on any atom is -0.389 e. The summed E-state index contributed by atoms with van der Waals surface area (Å²) in [5.74, 6) is 0. The Morgan fingerprint density at radius 1 is 1.55 bits per heavy atom. The van der Waals surface area contributed by atoms with Crippen LogP contribution in [0.4, 0.5) is 5.69 Å². The highest BCUT2D eigenvalue weighted by molar-refractivity contribution is 9.10. The molecule has 1 aromatic carbocycles. The minimum atomic E-state index is 0.114. The van der Waals surface area contributed by atoms with Gasteiger partial charge in [0, 0.05) is 26.8 Å². The average Bonchev–Trinajstić information content (AvgIpc) is 2.87. The van der Waals surface area contributed by atoms with Gasteiger partial charge in [0.2, 0.25) is 0 Å². The number of nitrogens with zero attached hydrogens (tertiary/aromatic N) is 1. The molecule has 1 heterocycles. The van der Waals surface area contributed by atoms with E-state index in [0.717, 1.165) is 27.2 Å². The third-order valence-corrected chi connectivity index (χ3v) is 5.11. The van der Waals surface area contributed by atoms with Crippen LogP contribution in [0.1, 0.15) is 35.3 Å². The highest BCUT2D eigenvalue weighted by Gasteiger charge is 2.14. The first-order valence-corrected chi connectivity index (χ1v) is 8.34. The fourth-order valence-corrected chi connectivity index (χ4v) is 3.67. The number of nitrogens with two attached hydrogens (primary N) is 1. The van der Waals surface area contributed by atoms with Gasteiger partial charge in [-0.2, -0.15) is 0 Å². The van der Waals surface area contributed by atoms with Crippen molar-refractivity contribution >= 4 is 50.2 Å². The molecule has 1 unspecified atom stereocenters. The number of hydrogen-bond acceptors (Lipinski definition) is 4. The molecule has 3 nitrogen and oxygen atoms in total. The first-order chi connectivity index (χ1) is 9.52. The number of hydrogen-bond donors (Lipinski definition) is 2. The van der Waals surface area contributed by atoms with E-state index in [1.165, 1.54) is 4.88 Å². The Hall–Kier alpha value is -0.980. The van der Waals surface area contributed by atoms with Crippen molar-refractivity contribution in [3.05, 3.63) is 44.3 Å². The predicted octanol–water partition coefficient (Wildman–Crippen LogP) is 4.28. The van der Waals surface area contributed by atoms with E-state index in [-0.39, 0.29) is 6.04 Å². The van der Waals surface area contributed by atoms with Crippen molar-refractivity contribution in [1.82, 2.24) is 4.98 Å². The lowest BCUT2D eigenvalue weighted by atomic mass is 10.1. The molecule has 0 aliphatic carbocycles. The maximum atomic E-state index is 5.80. The molecule has 1 atom stereocenters. The Morgan fingerprint density at radius 2 is 2.30 bits per heavy atom. The van der Waals surface area contributed by atoms with Crippen molar-refractivity contribution in [2.24, 2.45) is 5.73 Å². The Bertz CT molecular complexity index is 625. The summed E-state index contributed by atoms with van der Waals surface area (Å²) < 4.78 is 0.899. The molecule has 6 heteroatoms. The van der Waals surface area contributed by atoms with Crippen LogP contribution in [0, 0.1) is 0 Å². The second kappa shape index (κ2) is 6.65. The summed E-state index contributed by atoms with van der Waals surface area (Å²) in [7, 11) is 0. The van der Waals surface area contributed by atoms with E-state index in [2.05, 4.69) is 40.1 Å². The van der Waals surface area contributed by atoms with Gasteiger partial charge in [-0.05, 0) is 41.4 Å². The number of nitrogens with one attached hydrogen (secondary N) is 1. The molecule has 0 radical (unpaired) electrons. The van der Waals surface area contributed by atoms with Gasteiger partial charge in [0.05, 0.1) is 6.04 Å². The van der Waals surface area contributed by atoms with Crippen LogP contribution in [0.25, 0.3) is 0 Å². The molecule has 0 saturated heterocycles. The molecule has 2 aromatic rings. The number of thiazole rings is 1. The summed E-state index contributed by atoms with van der Waals surface area (Å²) in [6, 6.07) is 5.98. The number of aromatic nitrogens is 1. The topological polar surface area (TPSA) is 50.9 Å². The normalized spacial score (nSPS) is 12.2. The van der Waals surface area contributed by atoms with E-state index in [1.807, 2.05) is 24.4 Å². The van der Waals surface area contributed by atoms with E-state index in [4.69, 9.17) is 18.0 Å². The van der Waals surface area contributed by atoms with Crippen LogP contribution in [0.3, 0.4) is 0 Å². The van der Waals surface area contributed by atoms with Crippen molar-refractivity contribution in [2.45, 2.75) is 26.3 Å². The van der Waals surface area contributed by atoms with E-state index in [1.54, 1.807) is 11.3 Å². The zero-order valence-corrected chi connectivity index (χ0v) is 14.5. The third kappa shape index (κ3) is 3.37. The third-order valence-electron chi connectivity index (χ3n) is 2.92. The lowest BCUT2D eigenvalue weighted by molar-refractivity contribution is 0.869. The summed E-state index contributed by atoms with van der Waals surface area (Å²) in [4.78, 5) is 6.13. The van der Waals surface area contributed by atoms with Crippen molar-refractivity contribution in [1.29, 1.82) is 0 Å². The fourth-order valence-electron chi connectivity index (χ4n) is 1.88. The van der Waals surface area contributed by atoms with Crippen LogP contribution in [0.2, 0.25) is 0 Å². The Labute approximate surface area is 136 Å². The molecule has 0 fully saturated rings. The number of benzene rings is 1. The maximum absolute atomic E-state index is 5.80. The molecule has 0 bridgehead atoms. The standard InChI is InChI=1S/C14H16BrN3S2/c1-3-9-7-17-14(20-9)8(2)18-11-6-4-5-10(15)12(11)13(16)19/h4-8,18H,3H2,1-2H3,(H2,16,19). The van der Waals surface area contributed by atoms with Crippen LogP contribution in [0.15, 0.2) is 28.9 Å². The van der Waals surface area contributed by atoms with Gasteiger partial charge in [-0.3, -0.25) is 0 Å². The molecule has 3 N–H and O–H groups in total. The summed E-state index contributed by atoms with van der Waals surface area (Å²) in [6.07, 6.45) is 2.95. The lowest BCUT2D eigenvalue weighted by Crippen LogP contribution is -2.15. The first kappa shape index (κ1) is 15.4. The molecular weight excluding hydrogens is 354 g/mol. The molecule has 0 amide bonds. The Kier molecular flexibility index (Phi) is 5.12. The molecule has 106 valence electrons.